The van der Waals surface area contributed by atoms with Crippen molar-refractivity contribution in [1.82, 2.24) is 0 Å². The van der Waals surface area contributed by atoms with Gasteiger partial charge in [0.15, 0.2) is 0 Å². The van der Waals surface area contributed by atoms with Crippen LogP contribution in [0.25, 0.3) is 0 Å². The maximum absolute atomic E-state index is 11.1. The van der Waals surface area contributed by atoms with E-state index in [0.29, 0.717) is 22.7 Å². The normalized spacial score (nSPS) is 59.1. The molecule has 7 atom stereocenters. The Balaban J connectivity index is 1.65. The molecule has 0 amide bonds. The first-order valence-electron chi connectivity index (χ1n) is 9.40. The van der Waals surface area contributed by atoms with Gasteiger partial charge in [-0.25, -0.2) is 0 Å². The molecule has 0 aromatic rings. The van der Waals surface area contributed by atoms with E-state index in [2.05, 4.69) is 19.7 Å². The summed E-state index contributed by atoms with van der Waals surface area (Å²) in [5.74, 6) is 2.04. The molecule has 0 aromatic carbocycles. The molecule has 120 valence electrons. The van der Waals surface area contributed by atoms with Crippen LogP contribution in [-0.2, 0) is 0 Å². The van der Waals surface area contributed by atoms with Crippen molar-refractivity contribution in [1.29, 1.82) is 0 Å². The molecule has 1 N–H and O–H groups in total. The number of fused-ring (bicyclic) bond motifs is 1. The zero-order valence-corrected chi connectivity index (χ0v) is 13.9. The molecule has 1 aliphatic heterocycles. The predicted octanol–water partition coefficient (Wildman–Crippen LogP) is 3.99. The van der Waals surface area contributed by atoms with E-state index in [0.717, 1.165) is 18.0 Å². The molecule has 4 aliphatic carbocycles. The lowest BCUT2D eigenvalue weighted by Crippen LogP contribution is -2.62. The van der Waals surface area contributed by atoms with Crippen molar-refractivity contribution in [2.24, 2.45) is 39.0 Å². The highest BCUT2D eigenvalue weighted by molar-refractivity contribution is 5.69. The van der Waals surface area contributed by atoms with Gasteiger partial charge in [-0.3, -0.25) is 4.99 Å². The minimum Gasteiger partial charge on any atom is -0.388 e. The summed E-state index contributed by atoms with van der Waals surface area (Å²) in [5.41, 5.74) is 2.01. The van der Waals surface area contributed by atoms with Gasteiger partial charge in [0.05, 0.1) is 6.10 Å². The molecule has 4 fully saturated rings. The molecule has 0 aromatic heterocycles. The van der Waals surface area contributed by atoms with Crippen LogP contribution in [0.2, 0.25) is 0 Å². The number of aliphatic hydroxyl groups is 1. The van der Waals surface area contributed by atoms with Gasteiger partial charge in [-0.2, -0.15) is 0 Å². The molecule has 2 nitrogen and oxygen atoms in total. The Morgan fingerprint density at radius 1 is 1.18 bits per heavy atom. The first kappa shape index (κ1) is 13.8. The maximum atomic E-state index is 11.1. The molecule has 1 heterocycles. The molecule has 1 spiro atoms. The lowest BCUT2D eigenvalue weighted by molar-refractivity contribution is -0.147. The van der Waals surface area contributed by atoms with E-state index in [4.69, 9.17) is 4.99 Å². The molecular weight excluding hydrogens is 270 g/mol. The fraction of sp³-hybridized carbons (Fsp3) is 0.850. The quantitative estimate of drug-likeness (QED) is 0.674. The summed E-state index contributed by atoms with van der Waals surface area (Å²) >= 11 is 0. The average molecular weight is 299 g/mol. The maximum Gasteiger partial charge on any atom is 0.0809 e. The summed E-state index contributed by atoms with van der Waals surface area (Å²) in [6.07, 6.45) is 12.4. The molecule has 4 bridgehead atoms. The molecule has 0 unspecified atom stereocenters. The molecule has 2 heteroatoms. The van der Waals surface area contributed by atoms with Crippen LogP contribution in [0.3, 0.4) is 0 Å². The van der Waals surface area contributed by atoms with Crippen LogP contribution in [0.15, 0.2) is 17.1 Å². The van der Waals surface area contributed by atoms with E-state index >= 15 is 0 Å². The van der Waals surface area contributed by atoms with Gasteiger partial charge >= 0.3 is 0 Å². The molecular formula is C20H29NO. The molecule has 0 saturated heterocycles. The highest BCUT2D eigenvalue weighted by Crippen LogP contribution is 2.72. The Morgan fingerprint density at radius 3 is 2.91 bits per heavy atom. The fourth-order valence-corrected chi connectivity index (χ4v) is 7.89. The number of rotatable bonds is 0. The van der Waals surface area contributed by atoms with Crippen molar-refractivity contribution in [3.63, 3.8) is 0 Å². The van der Waals surface area contributed by atoms with Crippen molar-refractivity contribution in [2.45, 2.75) is 64.4 Å². The minimum atomic E-state index is -0.246. The van der Waals surface area contributed by atoms with Crippen molar-refractivity contribution in [3.8, 4) is 0 Å². The lowest BCUT2D eigenvalue weighted by atomic mass is 9.39. The molecule has 0 radical (unpaired) electrons. The van der Waals surface area contributed by atoms with Crippen LogP contribution in [0.1, 0.15) is 58.3 Å². The summed E-state index contributed by atoms with van der Waals surface area (Å²) in [4.78, 5) is 4.89. The van der Waals surface area contributed by atoms with Gasteiger partial charge in [0.25, 0.3) is 0 Å². The number of hydrogen-bond donors (Lipinski definition) is 1. The van der Waals surface area contributed by atoms with E-state index in [1.165, 1.54) is 51.4 Å². The summed E-state index contributed by atoms with van der Waals surface area (Å²) in [5, 5.41) is 11.1. The number of aliphatic hydroxyl groups excluding tert-OH is 1. The second-order valence-corrected chi connectivity index (χ2v) is 9.42. The lowest BCUT2D eigenvalue weighted by Gasteiger charge is -2.65. The van der Waals surface area contributed by atoms with E-state index < -0.39 is 0 Å². The van der Waals surface area contributed by atoms with Crippen LogP contribution in [-0.4, -0.2) is 24.0 Å². The van der Waals surface area contributed by atoms with Crippen LogP contribution in [0, 0.1) is 34.0 Å². The van der Waals surface area contributed by atoms with Gasteiger partial charge in [-0.1, -0.05) is 19.9 Å². The Kier molecular flexibility index (Phi) is 2.54. The predicted molar refractivity (Wildman–Crippen MR) is 88.9 cm³/mol. The van der Waals surface area contributed by atoms with Gasteiger partial charge in [0.2, 0.25) is 0 Å². The largest absolute Gasteiger partial charge is 0.388 e. The zero-order chi connectivity index (χ0) is 15.2. The smallest absolute Gasteiger partial charge is 0.0809 e. The van der Waals surface area contributed by atoms with E-state index in [9.17, 15) is 5.11 Å². The van der Waals surface area contributed by atoms with E-state index in [-0.39, 0.29) is 11.5 Å². The summed E-state index contributed by atoms with van der Waals surface area (Å²) in [7, 11) is 0. The zero-order valence-electron chi connectivity index (χ0n) is 13.9. The fourth-order valence-electron chi connectivity index (χ4n) is 7.89. The monoisotopic (exact) mass is 299 g/mol. The van der Waals surface area contributed by atoms with Crippen molar-refractivity contribution in [2.75, 3.05) is 6.54 Å². The van der Waals surface area contributed by atoms with Crippen LogP contribution in [0.4, 0.5) is 0 Å². The van der Waals surface area contributed by atoms with Gasteiger partial charge < -0.3 is 5.11 Å². The topological polar surface area (TPSA) is 32.6 Å². The highest BCUT2D eigenvalue weighted by Gasteiger charge is 2.68. The second kappa shape index (κ2) is 4.06. The van der Waals surface area contributed by atoms with E-state index in [1.54, 1.807) is 0 Å². The standard InChI is InChI=1S/C20H29NO/c1-13-14-4-5-16-19(10-14,17(13)22)9-6-15-18(2)7-3-8-20(15,16)12-21-11-18/h12,14-17,22H,1,3-11H2,2H3/t14-,15-,16-,17-,18+,19-,20+/m1/s1. The Labute approximate surface area is 134 Å². The van der Waals surface area contributed by atoms with Crippen LogP contribution in [0.5, 0.6) is 0 Å². The third-order valence-electron chi connectivity index (χ3n) is 8.72. The first-order chi connectivity index (χ1) is 10.5. The third kappa shape index (κ3) is 1.36. The summed E-state index contributed by atoms with van der Waals surface area (Å²) in [6, 6.07) is 0. The molecule has 22 heavy (non-hydrogen) atoms. The average Bonchev–Trinajstić information content (AvgIpc) is 2.67. The SMILES string of the molecule is C=C1[C@@H]2CC[C@H]3[C@]45C=NC[C@](C)(CCC4)[C@H]5CC[C@]3(C2)[C@@H]1O. The summed E-state index contributed by atoms with van der Waals surface area (Å²) in [6.45, 7) is 7.81. The van der Waals surface area contributed by atoms with Gasteiger partial charge in [0, 0.05) is 23.6 Å². The van der Waals surface area contributed by atoms with Gasteiger partial charge in [0.1, 0.15) is 0 Å². The van der Waals surface area contributed by atoms with Crippen molar-refractivity contribution in [3.05, 3.63) is 12.2 Å². The Morgan fingerprint density at radius 2 is 2.05 bits per heavy atom. The Hall–Kier alpha value is -0.630. The number of hydrogen-bond acceptors (Lipinski definition) is 2. The third-order valence-corrected chi connectivity index (χ3v) is 8.72. The summed E-state index contributed by atoms with van der Waals surface area (Å²) < 4.78 is 0. The first-order valence-corrected chi connectivity index (χ1v) is 9.40. The second-order valence-electron chi connectivity index (χ2n) is 9.42. The van der Waals surface area contributed by atoms with Crippen LogP contribution >= 0.6 is 0 Å². The number of aliphatic imine (C=N–C) groups is 1. The van der Waals surface area contributed by atoms with E-state index in [1.807, 2.05) is 0 Å². The minimum absolute atomic E-state index is 0.137. The molecule has 5 aliphatic rings. The van der Waals surface area contributed by atoms with Crippen molar-refractivity contribution < 1.29 is 5.11 Å². The molecule has 4 saturated carbocycles. The highest BCUT2D eigenvalue weighted by atomic mass is 16.3. The Bertz CT molecular complexity index is 568. The van der Waals surface area contributed by atoms with Gasteiger partial charge in [-0.15, -0.1) is 0 Å². The number of nitrogens with zero attached hydrogens (tertiary/aromatic N) is 1. The molecule has 5 rings (SSSR count). The van der Waals surface area contributed by atoms with Crippen molar-refractivity contribution >= 4 is 6.21 Å². The van der Waals surface area contributed by atoms with Gasteiger partial charge in [-0.05, 0) is 73.7 Å². The van der Waals surface area contributed by atoms with Crippen LogP contribution < -0.4 is 0 Å².